The van der Waals surface area contributed by atoms with E-state index in [1.807, 2.05) is 0 Å². The molecule has 0 aromatic heterocycles. The number of hydrogen-bond donors (Lipinski definition) is 1. The molecule has 2 N–H and O–H groups in total. The molecule has 96 valence electrons. The van der Waals surface area contributed by atoms with Crippen LogP contribution >= 0.6 is 12.4 Å². The van der Waals surface area contributed by atoms with Crippen LogP contribution in [0.5, 0.6) is 5.75 Å². The van der Waals surface area contributed by atoms with Crippen molar-refractivity contribution in [3.63, 3.8) is 0 Å². The second-order valence-electron chi connectivity index (χ2n) is 3.24. The summed E-state index contributed by atoms with van der Waals surface area (Å²) in [7, 11) is 1.26. The smallest absolute Gasteiger partial charge is 0.346 e. The molecule has 0 spiro atoms. The first-order chi connectivity index (χ1) is 7.58. The van der Waals surface area contributed by atoms with E-state index < -0.39 is 17.9 Å². The molecule has 6 heteroatoms. The fourth-order valence-electron chi connectivity index (χ4n) is 1.19. The third-order valence-electron chi connectivity index (χ3n) is 2.09. The van der Waals surface area contributed by atoms with Crippen LogP contribution in [0.3, 0.4) is 0 Å². The number of methoxy groups -OCH3 is 1. The van der Waals surface area contributed by atoms with Crippen LogP contribution < -0.4 is 10.5 Å². The molecular formula is C11H15ClFNO3. The zero-order valence-electron chi connectivity index (χ0n) is 9.60. The highest BCUT2D eigenvalue weighted by Crippen LogP contribution is 2.17. The van der Waals surface area contributed by atoms with Crippen molar-refractivity contribution in [2.75, 3.05) is 7.11 Å². The molecule has 1 unspecified atom stereocenters. The van der Waals surface area contributed by atoms with Crippen molar-refractivity contribution in [1.82, 2.24) is 0 Å². The van der Waals surface area contributed by atoms with E-state index in [1.165, 1.54) is 26.2 Å². The van der Waals surface area contributed by atoms with Crippen LogP contribution in [0.2, 0.25) is 0 Å². The summed E-state index contributed by atoms with van der Waals surface area (Å²) in [5, 5.41) is 0. The zero-order chi connectivity index (χ0) is 12.1. The molecule has 1 atom stereocenters. The molecule has 0 aliphatic carbocycles. The van der Waals surface area contributed by atoms with Gasteiger partial charge in [-0.3, -0.25) is 0 Å². The van der Waals surface area contributed by atoms with Gasteiger partial charge in [-0.25, -0.2) is 9.18 Å². The van der Waals surface area contributed by atoms with Crippen molar-refractivity contribution in [3.8, 4) is 5.75 Å². The average Bonchev–Trinajstić information content (AvgIpc) is 2.28. The van der Waals surface area contributed by atoms with Crippen LogP contribution in [0.25, 0.3) is 0 Å². The highest BCUT2D eigenvalue weighted by atomic mass is 35.5. The number of nitrogens with two attached hydrogens (primary N) is 1. The number of benzene rings is 1. The first-order valence-electron chi connectivity index (χ1n) is 4.81. The lowest BCUT2D eigenvalue weighted by Gasteiger charge is -2.12. The van der Waals surface area contributed by atoms with E-state index in [-0.39, 0.29) is 24.7 Å². The summed E-state index contributed by atoms with van der Waals surface area (Å²) in [6.45, 7) is 1.65. The summed E-state index contributed by atoms with van der Waals surface area (Å²) in [6.07, 6.45) is -0.770. The zero-order valence-corrected chi connectivity index (χ0v) is 10.4. The van der Waals surface area contributed by atoms with E-state index in [0.717, 1.165) is 0 Å². The molecule has 0 aliphatic heterocycles. The van der Waals surface area contributed by atoms with Crippen LogP contribution in [0.1, 0.15) is 12.5 Å². The van der Waals surface area contributed by atoms with Gasteiger partial charge in [-0.05, 0) is 13.0 Å². The lowest BCUT2D eigenvalue weighted by atomic mass is 10.2. The van der Waals surface area contributed by atoms with Crippen LogP contribution in [0.15, 0.2) is 18.2 Å². The number of carbonyl (C=O) groups is 1. The first kappa shape index (κ1) is 15.7. The van der Waals surface area contributed by atoms with E-state index in [0.29, 0.717) is 5.56 Å². The fourth-order valence-corrected chi connectivity index (χ4v) is 1.19. The molecule has 0 radical (unpaired) electrons. The second-order valence-corrected chi connectivity index (χ2v) is 3.24. The topological polar surface area (TPSA) is 61.5 Å². The molecule has 0 amide bonds. The highest BCUT2D eigenvalue weighted by Gasteiger charge is 2.15. The van der Waals surface area contributed by atoms with E-state index >= 15 is 0 Å². The van der Waals surface area contributed by atoms with Crippen LogP contribution in [-0.2, 0) is 16.1 Å². The van der Waals surface area contributed by atoms with Gasteiger partial charge >= 0.3 is 5.97 Å². The lowest BCUT2D eigenvalue weighted by Crippen LogP contribution is -2.24. The molecule has 0 heterocycles. The average molecular weight is 264 g/mol. The van der Waals surface area contributed by atoms with Gasteiger partial charge in [0.25, 0.3) is 0 Å². The molecule has 17 heavy (non-hydrogen) atoms. The predicted octanol–water partition coefficient (Wildman–Crippen LogP) is 1.65. The summed E-state index contributed by atoms with van der Waals surface area (Å²) in [4.78, 5) is 11.1. The van der Waals surface area contributed by atoms with Crippen molar-refractivity contribution in [2.24, 2.45) is 5.73 Å². The highest BCUT2D eigenvalue weighted by molar-refractivity contribution is 5.85. The van der Waals surface area contributed by atoms with E-state index in [1.54, 1.807) is 6.07 Å². The van der Waals surface area contributed by atoms with E-state index in [4.69, 9.17) is 10.5 Å². The molecular weight excluding hydrogens is 249 g/mol. The number of carbonyl (C=O) groups excluding carboxylic acids is 1. The van der Waals surface area contributed by atoms with Crippen LogP contribution in [0, 0.1) is 5.82 Å². The largest absolute Gasteiger partial charge is 0.479 e. The van der Waals surface area contributed by atoms with Crippen LogP contribution in [0.4, 0.5) is 4.39 Å². The normalized spacial score (nSPS) is 11.3. The van der Waals surface area contributed by atoms with Crippen molar-refractivity contribution in [2.45, 2.75) is 19.6 Å². The molecule has 0 aliphatic rings. The molecule has 0 fully saturated rings. The lowest BCUT2D eigenvalue weighted by molar-refractivity contribution is -0.147. The van der Waals surface area contributed by atoms with Gasteiger partial charge in [-0.2, -0.15) is 0 Å². The van der Waals surface area contributed by atoms with Crippen molar-refractivity contribution in [3.05, 3.63) is 29.6 Å². The Hall–Kier alpha value is -1.33. The SMILES string of the molecule is COC(=O)C(C)Oc1ccc(CN)c(F)c1.Cl. The minimum atomic E-state index is -0.770. The summed E-state index contributed by atoms with van der Waals surface area (Å²) in [6, 6.07) is 4.28. The Morgan fingerprint density at radius 1 is 1.53 bits per heavy atom. The quantitative estimate of drug-likeness (QED) is 0.839. The Balaban J connectivity index is 0.00000256. The maximum atomic E-state index is 13.3. The Morgan fingerprint density at radius 2 is 2.18 bits per heavy atom. The number of hydrogen-bond acceptors (Lipinski definition) is 4. The first-order valence-corrected chi connectivity index (χ1v) is 4.81. The summed E-state index contributed by atoms with van der Waals surface area (Å²) in [5.41, 5.74) is 5.72. The maximum Gasteiger partial charge on any atom is 0.346 e. The van der Waals surface area contributed by atoms with Crippen LogP contribution in [-0.4, -0.2) is 19.2 Å². The van der Waals surface area contributed by atoms with Gasteiger partial charge in [0, 0.05) is 18.2 Å². The Morgan fingerprint density at radius 3 is 2.65 bits per heavy atom. The standard InChI is InChI=1S/C11H14FNO3.ClH/c1-7(11(14)15-2)16-9-4-3-8(6-13)10(12)5-9;/h3-5,7H,6,13H2,1-2H3;1H. The summed E-state index contributed by atoms with van der Waals surface area (Å²) < 4.78 is 23.0. The molecule has 0 saturated carbocycles. The number of rotatable bonds is 4. The van der Waals surface area contributed by atoms with E-state index in [2.05, 4.69) is 4.74 Å². The summed E-state index contributed by atoms with van der Waals surface area (Å²) in [5.74, 6) is -0.687. The number of esters is 1. The maximum absolute atomic E-state index is 13.3. The Bertz CT molecular complexity index is 387. The fraction of sp³-hybridized carbons (Fsp3) is 0.364. The molecule has 1 aromatic carbocycles. The monoisotopic (exact) mass is 263 g/mol. The van der Waals surface area contributed by atoms with Gasteiger partial charge in [0.1, 0.15) is 11.6 Å². The van der Waals surface area contributed by atoms with Crippen molar-refractivity contribution >= 4 is 18.4 Å². The van der Waals surface area contributed by atoms with Crippen molar-refractivity contribution in [1.29, 1.82) is 0 Å². The van der Waals surface area contributed by atoms with Gasteiger partial charge in [-0.15, -0.1) is 12.4 Å². The van der Waals surface area contributed by atoms with Gasteiger partial charge < -0.3 is 15.2 Å². The van der Waals surface area contributed by atoms with E-state index in [9.17, 15) is 9.18 Å². The minimum absolute atomic E-state index is 0. The van der Waals surface area contributed by atoms with Gasteiger partial charge in [-0.1, -0.05) is 6.07 Å². The minimum Gasteiger partial charge on any atom is -0.479 e. The third kappa shape index (κ3) is 4.20. The molecule has 0 saturated heterocycles. The molecule has 4 nitrogen and oxygen atoms in total. The number of ether oxygens (including phenoxy) is 2. The van der Waals surface area contributed by atoms with Crippen molar-refractivity contribution < 1.29 is 18.7 Å². The number of halogens is 2. The summed E-state index contributed by atoms with van der Waals surface area (Å²) >= 11 is 0. The third-order valence-corrected chi connectivity index (χ3v) is 2.09. The molecule has 0 bridgehead atoms. The second kappa shape index (κ2) is 7.09. The molecule has 1 aromatic rings. The Kier molecular flexibility index (Phi) is 6.53. The van der Waals surface area contributed by atoms with Gasteiger partial charge in [0.05, 0.1) is 7.11 Å². The van der Waals surface area contributed by atoms with Gasteiger partial charge in [0.2, 0.25) is 0 Å². The predicted molar refractivity (Wildman–Crippen MR) is 63.6 cm³/mol. The van der Waals surface area contributed by atoms with Gasteiger partial charge in [0.15, 0.2) is 6.10 Å². The molecule has 1 rings (SSSR count). The Labute approximate surface area is 105 Å².